The molecule has 0 saturated carbocycles. The Labute approximate surface area is 160 Å². The number of rotatable bonds is 12. The third-order valence-electron chi connectivity index (χ3n) is 3.68. The SMILES string of the molecule is C=C(C)C(=O)OCCOC(CC)(OCCOC(=O)C(=C)C)c1ccccc1. The van der Waals surface area contributed by atoms with Crippen LogP contribution in [0, 0.1) is 0 Å². The summed E-state index contributed by atoms with van der Waals surface area (Å²) in [5, 5.41) is 0. The van der Waals surface area contributed by atoms with Crippen molar-refractivity contribution < 1.29 is 28.5 Å². The summed E-state index contributed by atoms with van der Waals surface area (Å²) in [5.41, 5.74) is 1.48. The maximum Gasteiger partial charge on any atom is 0.333 e. The van der Waals surface area contributed by atoms with Crippen molar-refractivity contribution in [3.63, 3.8) is 0 Å². The van der Waals surface area contributed by atoms with Gasteiger partial charge in [-0.15, -0.1) is 0 Å². The van der Waals surface area contributed by atoms with E-state index < -0.39 is 17.7 Å². The molecule has 0 bridgehead atoms. The zero-order valence-electron chi connectivity index (χ0n) is 16.3. The molecule has 0 saturated heterocycles. The fraction of sp³-hybridized carbons (Fsp3) is 0.429. The van der Waals surface area contributed by atoms with Crippen molar-refractivity contribution in [2.45, 2.75) is 33.0 Å². The summed E-state index contributed by atoms with van der Waals surface area (Å²) in [4.78, 5) is 22.9. The van der Waals surface area contributed by atoms with Crippen LogP contribution in [0.25, 0.3) is 0 Å². The molecule has 1 aromatic carbocycles. The summed E-state index contributed by atoms with van der Waals surface area (Å²) >= 11 is 0. The number of hydrogen-bond acceptors (Lipinski definition) is 6. The number of hydrogen-bond donors (Lipinski definition) is 0. The van der Waals surface area contributed by atoms with E-state index in [0.29, 0.717) is 17.6 Å². The summed E-state index contributed by atoms with van der Waals surface area (Å²) in [7, 11) is 0. The Bertz CT molecular complexity index is 616. The molecule has 0 spiro atoms. The molecule has 1 aromatic rings. The van der Waals surface area contributed by atoms with Gasteiger partial charge in [-0.05, 0) is 13.8 Å². The second-order valence-electron chi connectivity index (χ2n) is 6.00. The Hall–Kier alpha value is -2.44. The van der Waals surface area contributed by atoms with E-state index in [4.69, 9.17) is 18.9 Å². The highest BCUT2D eigenvalue weighted by molar-refractivity contribution is 5.87. The van der Waals surface area contributed by atoms with E-state index in [1.54, 1.807) is 13.8 Å². The Morgan fingerprint density at radius 2 is 1.30 bits per heavy atom. The minimum Gasteiger partial charge on any atom is -0.460 e. The number of carbonyl (C=O) groups is 2. The zero-order valence-corrected chi connectivity index (χ0v) is 16.3. The minimum absolute atomic E-state index is 0.0777. The molecule has 6 heteroatoms. The molecule has 0 atom stereocenters. The molecular weight excluding hydrogens is 348 g/mol. The van der Waals surface area contributed by atoms with Gasteiger partial charge in [0.15, 0.2) is 5.79 Å². The van der Waals surface area contributed by atoms with Gasteiger partial charge in [-0.2, -0.15) is 0 Å². The van der Waals surface area contributed by atoms with Crippen LogP contribution in [-0.2, 0) is 34.3 Å². The lowest BCUT2D eigenvalue weighted by Crippen LogP contribution is -2.35. The predicted octanol–water partition coefficient (Wildman–Crippen LogP) is 3.52. The minimum atomic E-state index is -1.04. The standard InChI is InChI=1S/C21H28O6/c1-6-21(18-10-8-7-9-11-18,26-14-12-24-19(22)16(2)3)27-15-13-25-20(23)17(4)5/h7-11H,2,4,6,12-15H2,1,3,5H3. The molecule has 0 aliphatic heterocycles. The van der Waals surface area contributed by atoms with Crippen molar-refractivity contribution in [1.29, 1.82) is 0 Å². The molecule has 0 heterocycles. The summed E-state index contributed by atoms with van der Waals surface area (Å²) < 4.78 is 22.1. The average Bonchev–Trinajstić information content (AvgIpc) is 2.67. The quantitative estimate of drug-likeness (QED) is 0.241. The van der Waals surface area contributed by atoms with Gasteiger partial charge in [-0.3, -0.25) is 0 Å². The van der Waals surface area contributed by atoms with Crippen LogP contribution in [0.4, 0.5) is 0 Å². The molecule has 0 fully saturated rings. The van der Waals surface area contributed by atoms with E-state index in [-0.39, 0.29) is 26.4 Å². The first kappa shape index (κ1) is 22.6. The number of esters is 2. The largest absolute Gasteiger partial charge is 0.460 e. The molecule has 0 amide bonds. The van der Waals surface area contributed by atoms with Gasteiger partial charge in [-0.1, -0.05) is 50.4 Å². The fourth-order valence-corrected chi connectivity index (χ4v) is 2.24. The lowest BCUT2D eigenvalue weighted by molar-refractivity contribution is -0.256. The molecule has 0 aliphatic carbocycles. The normalized spacial score (nSPS) is 10.9. The Morgan fingerprint density at radius 1 is 0.852 bits per heavy atom. The van der Waals surface area contributed by atoms with Gasteiger partial charge in [-0.25, -0.2) is 9.59 Å². The van der Waals surface area contributed by atoms with Crippen LogP contribution in [0.5, 0.6) is 0 Å². The molecule has 1 rings (SSSR count). The molecule has 0 aromatic heterocycles. The summed E-state index contributed by atoms with van der Waals surface area (Å²) in [6, 6.07) is 9.45. The van der Waals surface area contributed by atoms with Gasteiger partial charge in [0.05, 0.1) is 13.2 Å². The van der Waals surface area contributed by atoms with Gasteiger partial charge in [0.2, 0.25) is 0 Å². The van der Waals surface area contributed by atoms with Crippen LogP contribution in [0.1, 0.15) is 32.8 Å². The number of benzene rings is 1. The lowest BCUT2D eigenvalue weighted by atomic mass is 10.0. The van der Waals surface area contributed by atoms with Crippen molar-refractivity contribution in [2.75, 3.05) is 26.4 Å². The van der Waals surface area contributed by atoms with Gasteiger partial charge in [0.1, 0.15) is 13.2 Å². The van der Waals surface area contributed by atoms with Crippen molar-refractivity contribution >= 4 is 11.9 Å². The van der Waals surface area contributed by atoms with Gasteiger partial charge < -0.3 is 18.9 Å². The first-order valence-corrected chi connectivity index (χ1v) is 8.81. The van der Waals surface area contributed by atoms with Crippen LogP contribution >= 0.6 is 0 Å². The average molecular weight is 376 g/mol. The van der Waals surface area contributed by atoms with Gasteiger partial charge in [0.25, 0.3) is 0 Å². The number of ether oxygens (including phenoxy) is 4. The third-order valence-corrected chi connectivity index (χ3v) is 3.68. The van der Waals surface area contributed by atoms with E-state index in [0.717, 1.165) is 5.56 Å². The molecule has 0 N–H and O–H groups in total. The molecule has 0 unspecified atom stereocenters. The fourth-order valence-electron chi connectivity index (χ4n) is 2.24. The highest BCUT2D eigenvalue weighted by atomic mass is 16.7. The lowest BCUT2D eigenvalue weighted by Gasteiger charge is -2.33. The third kappa shape index (κ3) is 7.37. The highest BCUT2D eigenvalue weighted by Crippen LogP contribution is 2.31. The first-order valence-electron chi connectivity index (χ1n) is 8.81. The predicted molar refractivity (Wildman–Crippen MR) is 102 cm³/mol. The topological polar surface area (TPSA) is 71.1 Å². The van der Waals surface area contributed by atoms with Crippen LogP contribution < -0.4 is 0 Å². The van der Waals surface area contributed by atoms with Crippen molar-refractivity contribution in [3.8, 4) is 0 Å². The molecule has 148 valence electrons. The highest BCUT2D eigenvalue weighted by Gasteiger charge is 2.32. The van der Waals surface area contributed by atoms with E-state index in [2.05, 4.69) is 13.2 Å². The smallest absolute Gasteiger partial charge is 0.333 e. The molecule has 27 heavy (non-hydrogen) atoms. The second kappa shape index (κ2) is 11.3. The van der Waals surface area contributed by atoms with E-state index in [1.165, 1.54) is 0 Å². The Balaban J connectivity index is 2.71. The van der Waals surface area contributed by atoms with E-state index in [1.807, 2.05) is 37.3 Å². The van der Waals surface area contributed by atoms with Crippen LogP contribution in [0.15, 0.2) is 54.6 Å². The van der Waals surface area contributed by atoms with Crippen LogP contribution in [-0.4, -0.2) is 38.4 Å². The zero-order chi connectivity index (χ0) is 20.3. The van der Waals surface area contributed by atoms with Crippen molar-refractivity contribution in [1.82, 2.24) is 0 Å². The van der Waals surface area contributed by atoms with Gasteiger partial charge in [0, 0.05) is 23.1 Å². The van der Waals surface area contributed by atoms with E-state index >= 15 is 0 Å². The number of carbonyl (C=O) groups excluding carboxylic acids is 2. The van der Waals surface area contributed by atoms with Crippen LogP contribution in [0.2, 0.25) is 0 Å². The summed E-state index contributed by atoms with van der Waals surface area (Å²) in [5.74, 6) is -1.96. The van der Waals surface area contributed by atoms with Crippen molar-refractivity contribution in [2.24, 2.45) is 0 Å². The maximum absolute atomic E-state index is 11.5. The van der Waals surface area contributed by atoms with E-state index in [9.17, 15) is 9.59 Å². The van der Waals surface area contributed by atoms with Crippen LogP contribution in [0.3, 0.4) is 0 Å². The second-order valence-corrected chi connectivity index (χ2v) is 6.00. The maximum atomic E-state index is 11.5. The molecular formula is C21H28O6. The molecule has 6 nitrogen and oxygen atoms in total. The summed E-state index contributed by atoms with van der Waals surface area (Å²) in [6.45, 7) is 12.6. The Morgan fingerprint density at radius 3 is 1.67 bits per heavy atom. The molecule has 0 aliphatic rings. The Kier molecular flexibility index (Phi) is 9.47. The van der Waals surface area contributed by atoms with Crippen molar-refractivity contribution in [3.05, 3.63) is 60.2 Å². The van der Waals surface area contributed by atoms with Gasteiger partial charge >= 0.3 is 11.9 Å². The molecule has 0 radical (unpaired) electrons. The first-order chi connectivity index (χ1) is 12.8. The summed E-state index contributed by atoms with van der Waals surface area (Å²) in [6.07, 6.45) is 0.514. The monoisotopic (exact) mass is 376 g/mol.